The van der Waals surface area contributed by atoms with Crippen LogP contribution < -0.4 is 0 Å². The summed E-state index contributed by atoms with van der Waals surface area (Å²) in [5.74, 6) is 9.59. The number of amides is 1. The van der Waals surface area contributed by atoms with E-state index in [9.17, 15) is 4.79 Å². The lowest BCUT2D eigenvalue weighted by Crippen LogP contribution is -2.63. The fourth-order valence-electron chi connectivity index (χ4n) is 9.46. The Kier molecular flexibility index (Phi) is 10.3. The molecule has 272 valence electrons. The van der Waals surface area contributed by atoms with Crippen LogP contribution >= 0.6 is 11.3 Å². The van der Waals surface area contributed by atoms with Gasteiger partial charge < -0.3 is 19.1 Å². The average Bonchev–Trinajstić information content (AvgIpc) is 3.82. The maximum atomic E-state index is 13.6. The Morgan fingerprint density at radius 2 is 1.68 bits per heavy atom. The Morgan fingerprint density at radius 1 is 0.900 bits per heavy atom. The number of likely N-dealkylation sites (N-methyl/N-ethyl adjacent to an activating group) is 1. The molecule has 0 spiro atoms. The number of carbonyl (C=O) groups excluding carboxylic acids is 1. The summed E-state index contributed by atoms with van der Waals surface area (Å²) in [4.78, 5) is 32.0. The predicted molar refractivity (Wildman–Crippen MR) is 195 cm³/mol. The summed E-state index contributed by atoms with van der Waals surface area (Å²) < 4.78 is 9.04. The zero-order valence-corrected chi connectivity index (χ0v) is 31.3. The van der Waals surface area contributed by atoms with Gasteiger partial charge >= 0.3 is 0 Å². The number of piperazine rings is 2. The Balaban J connectivity index is 0.791. The normalized spacial score (nSPS) is 29.9. The third-order valence-corrected chi connectivity index (χ3v) is 13.8. The monoisotopic (exact) mass is 703 g/mol. The van der Waals surface area contributed by atoms with E-state index in [1.165, 1.54) is 42.2 Å². The number of ether oxygens (including phenoxy) is 1. The number of aryl methyl sites for hydroxylation is 2. The molecule has 1 atom stereocenters. The van der Waals surface area contributed by atoms with E-state index in [4.69, 9.17) is 14.8 Å². The minimum Gasteiger partial charge on any atom is -0.373 e. The number of fused-ring (bicyclic) bond motifs is 4. The first-order valence-electron chi connectivity index (χ1n) is 19.6. The van der Waals surface area contributed by atoms with Gasteiger partial charge in [-0.3, -0.25) is 19.5 Å². The van der Waals surface area contributed by atoms with Crippen LogP contribution in [-0.4, -0.2) is 141 Å². The van der Waals surface area contributed by atoms with E-state index in [0.717, 1.165) is 141 Å². The number of likely N-dealkylation sites (tertiary alicyclic amines) is 1. The van der Waals surface area contributed by atoms with Gasteiger partial charge in [-0.15, -0.1) is 21.5 Å². The summed E-state index contributed by atoms with van der Waals surface area (Å²) in [5, 5.41) is 10.4. The van der Waals surface area contributed by atoms with Crippen molar-refractivity contribution in [2.75, 3.05) is 85.1 Å². The number of carbonyl (C=O) groups is 1. The predicted octanol–water partition coefficient (Wildman–Crippen LogP) is 3.57. The molecule has 50 heavy (non-hydrogen) atoms. The topological polar surface area (TPSA) is 86.1 Å². The second-order valence-corrected chi connectivity index (χ2v) is 17.2. The highest BCUT2D eigenvalue weighted by atomic mass is 32.1. The molecule has 12 heteroatoms. The third kappa shape index (κ3) is 7.15. The number of thiazole rings is 1. The van der Waals surface area contributed by atoms with Gasteiger partial charge in [0.05, 0.1) is 36.8 Å². The van der Waals surface area contributed by atoms with E-state index in [-0.39, 0.29) is 11.0 Å². The molecular formula is C38H57N9O2S. The van der Waals surface area contributed by atoms with E-state index in [2.05, 4.69) is 59.9 Å². The van der Waals surface area contributed by atoms with E-state index < -0.39 is 0 Å². The van der Waals surface area contributed by atoms with Crippen molar-refractivity contribution in [3.05, 3.63) is 27.2 Å². The first-order chi connectivity index (χ1) is 24.4. The lowest BCUT2D eigenvalue weighted by Gasteiger charge is -2.55. The molecule has 7 aliphatic rings. The SMILES string of the molecule is CCN1CCN(C(=O)C23CCC(CN4CCN(CC#Cc5nc(CN6CCCC6c6nnc7n6CCCCC7)sc5C)CC4)(CC2)OC3)CC1. The van der Waals surface area contributed by atoms with Gasteiger partial charge in [0.15, 0.2) is 0 Å². The summed E-state index contributed by atoms with van der Waals surface area (Å²) in [5.41, 5.74) is 0.588. The van der Waals surface area contributed by atoms with Gasteiger partial charge in [0.2, 0.25) is 5.91 Å². The Hall–Kier alpha value is -2.40. The minimum atomic E-state index is -0.280. The van der Waals surface area contributed by atoms with Crippen molar-refractivity contribution in [3.63, 3.8) is 0 Å². The Morgan fingerprint density at radius 3 is 2.44 bits per heavy atom. The zero-order chi connectivity index (χ0) is 34.1. The molecule has 6 aliphatic heterocycles. The quantitative estimate of drug-likeness (QED) is 0.384. The molecule has 2 aromatic heterocycles. The van der Waals surface area contributed by atoms with Crippen LogP contribution in [-0.2, 0) is 29.0 Å². The molecule has 5 saturated heterocycles. The molecule has 0 N–H and O–H groups in total. The average molecular weight is 704 g/mol. The van der Waals surface area contributed by atoms with Crippen molar-refractivity contribution in [1.82, 2.24) is 44.2 Å². The summed E-state index contributed by atoms with van der Waals surface area (Å²) in [6, 6.07) is 0.337. The molecule has 8 heterocycles. The van der Waals surface area contributed by atoms with Crippen LogP contribution in [0.15, 0.2) is 0 Å². The fourth-order valence-corrected chi connectivity index (χ4v) is 10.4. The number of hydrogen-bond acceptors (Lipinski definition) is 10. The molecule has 1 saturated carbocycles. The van der Waals surface area contributed by atoms with Crippen LogP contribution in [0.4, 0.5) is 0 Å². The van der Waals surface area contributed by atoms with Crippen LogP contribution in [0, 0.1) is 24.2 Å². The summed E-state index contributed by atoms with van der Waals surface area (Å²) >= 11 is 1.80. The number of aromatic nitrogens is 4. The van der Waals surface area contributed by atoms with E-state index in [1.807, 2.05) is 0 Å². The van der Waals surface area contributed by atoms with Crippen LogP contribution in [0.1, 0.15) is 98.0 Å². The molecule has 1 aliphatic carbocycles. The van der Waals surface area contributed by atoms with Gasteiger partial charge in [0.25, 0.3) is 0 Å². The number of rotatable bonds is 8. The van der Waals surface area contributed by atoms with E-state index in [0.29, 0.717) is 18.6 Å². The van der Waals surface area contributed by atoms with Crippen molar-refractivity contribution in [1.29, 1.82) is 0 Å². The molecule has 0 radical (unpaired) electrons. The van der Waals surface area contributed by atoms with Crippen molar-refractivity contribution < 1.29 is 9.53 Å². The van der Waals surface area contributed by atoms with Gasteiger partial charge in [-0.2, -0.15) is 0 Å². The summed E-state index contributed by atoms with van der Waals surface area (Å²) in [6.45, 7) is 18.7. The molecule has 2 bridgehead atoms. The first kappa shape index (κ1) is 34.7. The minimum absolute atomic E-state index is 0.0754. The van der Waals surface area contributed by atoms with E-state index >= 15 is 0 Å². The van der Waals surface area contributed by atoms with Crippen molar-refractivity contribution in [3.8, 4) is 11.8 Å². The Labute approximate surface area is 302 Å². The third-order valence-electron chi connectivity index (χ3n) is 12.8. The second kappa shape index (κ2) is 14.9. The summed E-state index contributed by atoms with van der Waals surface area (Å²) in [7, 11) is 0. The van der Waals surface area contributed by atoms with Crippen LogP contribution in [0.5, 0.6) is 0 Å². The zero-order valence-electron chi connectivity index (χ0n) is 30.5. The van der Waals surface area contributed by atoms with Crippen molar-refractivity contribution in [2.45, 2.75) is 103 Å². The van der Waals surface area contributed by atoms with Gasteiger partial charge in [0, 0.05) is 76.7 Å². The standard InChI is InChI=1S/C38H57N9O2S/c1-3-42-23-25-45(26-24-42)36(48)37-12-14-38(15-13-37,49-29-37)28-44-21-19-43(20-22-44)16-7-9-31-30(2)50-34(39-31)27-46-17-8-10-32(46)35-41-40-33-11-5-4-6-18-47(33)35/h32H,3-6,8,10-29H2,1-2H3. The van der Waals surface area contributed by atoms with Crippen LogP contribution in [0.2, 0.25) is 0 Å². The first-order valence-corrected chi connectivity index (χ1v) is 20.5. The lowest BCUT2D eigenvalue weighted by molar-refractivity contribution is -0.203. The number of nitrogens with zero attached hydrogens (tertiary/aromatic N) is 9. The maximum absolute atomic E-state index is 13.6. The van der Waals surface area contributed by atoms with Crippen molar-refractivity contribution in [2.24, 2.45) is 5.41 Å². The maximum Gasteiger partial charge on any atom is 0.231 e. The molecule has 1 amide bonds. The largest absolute Gasteiger partial charge is 0.373 e. The molecule has 9 rings (SSSR count). The highest BCUT2D eigenvalue weighted by molar-refractivity contribution is 7.11. The van der Waals surface area contributed by atoms with Crippen LogP contribution in [0.3, 0.4) is 0 Å². The highest BCUT2D eigenvalue weighted by Crippen LogP contribution is 2.50. The fraction of sp³-hybridized carbons (Fsp3) is 0.789. The lowest BCUT2D eigenvalue weighted by atomic mass is 9.65. The highest BCUT2D eigenvalue weighted by Gasteiger charge is 2.55. The van der Waals surface area contributed by atoms with Crippen molar-refractivity contribution >= 4 is 17.2 Å². The molecule has 2 aromatic rings. The van der Waals surface area contributed by atoms with Crippen LogP contribution in [0.25, 0.3) is 0 Å². The Bertz CT molecular complexity index is 1540. The number of hydrogen-bond donors (Lipinski definition) is 0. The second-order valence-electron chi connectivity index (χ2n) is 15.9. The molecular weight excluding hydrogens is 647 g/mol. The smallest absolute Gasteiger partial charge is 0.231 e. The molecule has 0 aromatic carbocycles. The van der Waals surface area contributed by atoms with Gasteiger partial charge in [-0.05, 0) is 77.3 Å². The van der Waals surface area contributed by atoms with Gasteiger partial charge in [-0.1, -0.05) is 19.3 Å². The van der Waals surface area contributed by atoms with Gasteiger partial charge in [0.1, 0.15) is 22.4 Å². The molecule has 6 fully saturated rings. The van der Waals surface area contributed by atoms with E-state index in [1.54, 1.807) is 11.3 Å². The molecule has 11 nitrogen and oxygen atoms in total. The summed E-state index contributed by atoms with van der Waals surface area (Å²) in [6.07, 6.45) is 11.1. The van der Waals surface area contributed by atoms with Gasteiger partial charge in [-0.25, -0.2) is 4.98 Å². The molecule has 1 unspecified atom stereocenters.